The van der Waals surface area contributed by atoms with Gasteiger partial charge in [-0.25, -0.2) is 0 Å². The van der Waals surface area contributed by atoms with E-state index in [-0.39, 0.29) is 6.54 Å². The van der Waals surface area contributed by atoms with Crippen molar-refractivity contribution in [2.24, 2.45) is 0 Å². The van der Waals surface area contributed by atoms with Gasteiger partial charge in [-0.1, -0.05) is 59.6 Å². The first kappa shape index (κ1) is 20.6. The average molecular weight is 484 g/mol. The van der Waals surface area contributed by atoms with E-state index in [0.717, 1.165) is 16.8 Å². The highest BCUT2D eigenvalue weighted by Gasteiger charge is 2.14. The number of rotatable bonds is 6. The Morgan fingerprint density at radius 3 is 2.69 bits per heavy atom. The van der Waals surface area contributed by atoms with Crippen LogP contribution in [0.15, 0.2) is 60.9 Å². The molecular formula is C20H15Cl2N9S. The van der Waals surface area contributed by atoms with Crippen LogP contribution in [0.25, 0.3) is 17.1 Å². The van der Waals surface area contributed by atoms with E-state index in [9.17, 15) is 0 Å². The van der Waals surface area contributed by atoms with Gasteiger partial charge in [0.1, 0.15) is 6.54 Å². The minimum Gasteiger partial charge on any atom is -0.267 e. The van der Waals surface area contributed by atoms with E-state index in [1.165, 1.54) is 4.80 Å². The fourth-order valence-corrected chi connectivity index (χ4v) is 3.95. The van der Waals surface area contributed by atoms with Crippen molar-refractivity contribution in [3.63, 3.8) is 0 Å². The van der Waals surface area contributed by atoms with Crippen molar-refractivity contribution < 1.29 is 0 Å². The average Bonchev–Trinajstić information content (AvgIpc) is 3.52. The number of hydrogen-bond donors (Lipinski definition) is 1. The second-order valence-corrected chi connectivity index (χ2v) is 8.15. The summed E-state index contributed by atoms with van der Waals surface area (Å²) in [4.78, 5) is 1.47. The second kappa shape index (κ2) is 8.65. The van der Waals surface area contributed by atoms with Gasteiger partial charge in [0.2, 0.25) is 5.82 Å². The molecule has 0 saturated carbocycles. The minimum atomic E-state index is 0.279. The van der Waals surface area contributed by atoms with E-state index >= 15 is 0 Å². The normalized spacial score (nSPS) is 11.2. The van der Waals surface area contributed by atoms with Gasteiger partial charge in [0.05, 0.1) is 18.4 Å². The van der Waals surface area contributed by atoms with Crippen LogP contribution in [0.3, 0.4) is 0 Å². The van der Waals surface area contributed by atoms with Crippen LogP contribution in [0.4, 0.5) is 0 Å². The Labute approximate surface area is 197 Å². The predicted octanol–water partition coefficient (Wildman–Crippen LogP) is 4.18. The number of hydrogen-bond acceptors (Lipinski definition) is 6. The quantitative estimate of drug-likeness (QED) is 0.364. The zero-order valence-corrected chi connectivity index (χ0v) is 18.8. The number of benzene rings is 2. The van der Waals surface area contributed by atoms with Crippen LogP contribution in [-0.4, -0.2) is 44.8 Å². The molecule has 32 heavy (non-hydrogen) atoms. The molecule has 0 saturated heterocycles. The fraction of sp³-hybridized carbons (Fsp3) is 0.100. The predicted molar refractivity (Wildman–Crippen MR) is 122 cm³/mol. The summed E-state index contributed by atoms with van der Waals surface area (Å²) in [6, 6.07) is 15.0. The van der Waals surface area contributed by atoms with E-state index in [0.29, 0.717) is 33.0 Å². The first-order valence-electron chi connectivity index (χ1n) is 9.53. The molecular weight excluding hydrogens is 469 g/mol. The molecule has 0 aliphatic rings. The summed E-state index contributed by atoms with van der Waals surface area (Å²) in [7, 11) is 0. The Hall–Kier alpha value is -3.34. The molecule has 160 valence electrons. The lowest BCUT2D eigenvalue weighted by atomic mass is 10.2. The molecule has 0 unspecified atom stereocenters. The van der Waals surface area contributed by atoms with Crippen molar-refractivity contribution in [3.05, 3.63) is 87.1 Å². The third kappa shape index (κ3) is 4.20. The Balaban J connectivity index is 1.39. The molecule has 9 nitrogen and oxygen atoms in total. The minimum absolute atomic E-state index is 0.279. The summed E-state index contributed by atoms with van der Waals surface area (Å²) in [5.41, 5.74) is 2.55. The molecule has 0 aliphatic carbocycles. The highest BCUT2D eigenvalue weighted by Crippen LogP contribution is 2.22. The van der Waals surface area contributed by atoms with Gasteiger partial charge < -0.3 is 0 Å². The summed E-state index contributed by atoms with van der Waals surface area (Å²) in [6.07, 6.45) is 3.58. The molecule has 5 aromatic rings. The van der Waals surface area contributed by atoms with E-state index < -0.39 is 0 Å². The van der Waals surface area contributed by atoms with Crippen LogP contribution in [-0.2, 0) is 13.1 Å². The van der Waals surface area contributed by atoms with Crippen molar-refractivity contribution in [3.8, 4) is 17.1 Å². The molecule has 0 fully saturated rings. The van der Waals surface area contributed by atoms with E-state index in [1.807, 2.05) is 42.6 Å². The van der Waals surface area contributed by atoms with Crippen LogP contribution in [0.1, 0.15) is 11.4 Å². The number of nitrogens with zero attached hydrogens (tertiary/aromatic N) is 8. The fourth-order valence-electron chi connectivity index (χ4n) is 3.22. The number of tetrazole rings is 1. The molecule has 2 aromatic carbocycles. The number of aromatic amines is 1. The number of halogens is 2. The molecule has 12 heteroatoms. The SMILES string of the molecule is S=c1[nH]nc(Cn2nnc(-c3ccccc3)n2)n1-c1cnn(Cc2ccc(Cl)cc2Cl)c1. The van der Waals surface area contributed by atoms with Gasteiger partial charge in [-0.05, 0) is 35.1 Å². The molecule has 0 atom stereocenters. The molecule has 5 rings (SSSR count). The molecule has 0 aliphatic heterocycles. The Kier molecular flexibility index (Phi) is 5.56. The summed E-state index contributed by atoms with van der Waals surface area (Å²) in [5.74, 6) is 1.16. The van der Waals surface area contributed by atoms with Crippen LogP contribution in [0.5, 0.6) is 0 Å². The summed E-state index contributed by atoms with van der Waals surface area (Å²) < 4.78 is 3.99. The lowest BCUT2D eigenvalue weighted by Crippen LogP contribution is -2.10. The van der Waals surface area contributed by atoms with Gasteiger partial charge in [-0.15, -0.1) is 10.2 Å². The van der Waals surface area contributed by atoms with Crippen molar-refractivity contribution in [1.29, 1.82) is 0 Å². The van der Waals surface area contributed by atoms with Gasteiger partial charge >= 0.3 is 0 Å². The highest BCUT2D eigenvalue weighted by atomic mass is 35.5. The Bertz CT molecular complexity index is 1430. The number of aromatic nitrogens is 9. The van der Waals surface area contributed by atoms with Crippen LogP contribution in [0.2, 0.25) is 10.0 Å². The van der Waals surface area contributed by atoms with Gasteiger partial charge in [-0.3, -0.25) is 14.3 Å². The molecule has 0 radical (unpaired) electrons. The first-order chi connectivity index (χ1) is 15.6. The monoisotopic (exact) mass is 483 g/mol. The third-order valence-electron chi connectivity index (χ3n) is 4.73. The van der Waals surface area contributed by atoms with Gasteiger partial charge in [-0.2, -0.15) is 15.0 Å². The highest BCUT2D eigenvalue weighted by molar-refractivity contribution is 7.71. The zero-order valence-electron chi connectivity index (χ0n) is 16.4. The Morgan fingerprint density at radius 1 is 1.03 bits per heavy atom. The topological polar surface area (TPSA) is 95.0 Å². The Morgan fingerprint density at radius 2 is 1.88 bits per heavy atom. The van der Waals surface area contributed by atoms with E-state index in [4.69, 9.17) is 35.4 Å². The molecule has 1 N–H and O–H groups in total. The van der Waals surface area contributed by atoms with E-state index in [1.54, 1.807) is 27.6 Å². The lowest BCUT2D eigenvalue weighted by molar-refractivity contribution is 0.548. The van der Waals surface area contributed by atoms with E-state index in [2.05, 4.69) is 30.7 Å². The molecule has 3 aromatic heterocycles. The summed E-state index contributed by atoms with van der Waals surface area (Å²) in [6.45, 7) is 0.767. The zero-order chi connectivity index (χ0) is 22.1. The second-order valence-electron chi connectivity index (χ2n) is 6.92. The van der Waals surface area contributed by atoms with Gasteiger partial charge in [0.25, 0.3) is 0 Å². The van der Waals surface area contributed by atoms with Crippen LogP contribution < -0.4 is 0 Å². The van der Waals surface area contributed by atoms with Crippen molar-refractivity contribution in [2.75, 3.05) is 0 Å². The smallest absolute Gasteiger partial charge is 0.204 e. The van der Waals surface area contributed by atoms with Gasteiger partial charge in [0.15, 0.2) is 10.6 Å². The third-order valence-corrected chi connectivity index (χ3v) is 5.60. The maximum absolute atomic E-state index is 6.29. The number of nitrogens with one attached hydrogen (secondary N) is 1. The molecule has 0 bridgehead atoms. The molecule has 0 spiro atoms. The van der Waals surface area contributed by atoms with Crippen molar-refractivity contribution in [1.82, 2.24) is 44.8 Å². The molecule has 3 heterocycles. The van der Waals surface area contributed by atoms with Gasteiger partial charge in [0, 0.05) is 21.8 Å². The van der Waals surface area contributed by atoms with Crippen molar-refractivity contribution in [2.45, 2.75) is 13.1 Å². The first-order valence-corrected chi connectivity index (χ1v) is 10.7. The van der Waals surface area contributed by atoms with Crippen LogP contribution >= 0.6 is 35.4 Å². The summed E-state index contributed by atoms with van der Waals surface area (Å²) >= 11 is 17.7. The van der Waals surface area contributed by atoms with Crippen molar-refractivity contribution >= 4 is 35.4 Å². The summed E-state index contributed by atoms with van der Waals surface area (Å²) in [5, 5.41) is 25.5. The largest absolute Gasteiger partial charge is 0.267 e. The maximum atomic E-state index is 6.29. The molecule has 0 amide bonds. The van der Waals surface area contributed by atoms with Crippen LogP contribution in [0, 0.1) is 4.77 Å². The number of H-pyrrole nitrogens is 1. The lowest BCUT2D eigenvalue weighted by Gasteiger charge is -2.05. The standard InChI is InChI=1S/C20H15Cl2N9S/c21-15-7-6-14(17(22)8-15)10-29-11-16(9-23-29)31-18(24-26-20(31)32)12-30-27-19(25-28-30)13-4-2-1-3-5-13/h1-9,11H,10,12H2,(H,26,32). The maximum Gasteiger partial charge on any atom is 0.204 e.